The summed E-state index contributed by atoms with van der Waals surface area (Å²) in [5.74, 6) is -0.474. The summed E-state index contributed by atoms with van der Waals surface area (Å²) in [6, 6.07) is 25.6. The van der Waals surface area contributed by atoms with Crippen molar-refractivity contribution in [1.29, 1.82) is 0 Å². The smallest absolute Gasteiger partial charge is 0.408 e. The van der Waals surface area contributed by atoms with Crippen molar-refractivity contribution < 1.29 is 57.3 Å². The second-order valence-corrected chi connectivity index (χ2v) is 34.7. The molecule has 684 valence electrons. The molecule has 0 radical (unpaired) electrons. The molecule has 0 unspecified atom stereocenters. The van der Waals surface area contributed by atoms with Gasteiger partial charge in [-0.3, -0.25) is 38.1 Å². The highest BCUT2D eigenvalue weighted by atomic mass is 16.6. The van der Waals surface area contributed by atoms with Crippen LogP contribution in [-0.4, -0.2) is 285 Å². The van der Waals surface area contributed by atoms with Crippen LogP contribution in [0.5, 0.6) is 0 Å². The molecule has 6 saturated heterocycles. The summed E-state index contributed by atoms with van der Waals surface area (Å²) in [6.07, 6.45) is 18.1. The summed E-state index contributed by atoms with van der Waals surface area (Å²) in [5.41, 5.74) is 7.12. The molecule has 34 heteroatoms. The molecule has 8 aliphatic rings. The molecular weight excluding hydrogens is 1630 g/mol. The average Bonchev–Trinajstić information content (AvgIpc) is 1.14. The Bertz CT molecular complexity index is 5420. The first-order valence-corrected chi connectivity index (χ1v) is 45.3. The van der Waals surface area contributed by atoms with Gasteiger partial charge in [0, 0.05) is 164 Å². The zero-order valence-corrected chi connectivity index (χ0v) is 74.3. The van der Waals surface area contributed by atoms with Gasteiger partial charge in [-0.05, 0) is 212 Å². The number of aromatic nitrogens is 6. The third kappa shape index (κ3) is 23.8. The normalized spacial score (nSPS) is 20.0. The average molecular weight is 1760 g/mol. The molecule has 0 spiro atoms. The summed E-state index contributed by atoms with van der Waals surface area (Å²) in [6.45, 7) is 23.5. The highest BCUT2D eigenvalue weighted by Gasteiger charge is 2.38. The minimum atomic E-state index is -0.828. The van der Waals surface area contributed by atoms with Crippen molar-refractivity contribution in [3.63, 3.8) is 0 Å². The molecule has 2 atom stereocenters. The van der Waals surface area contributed by atoms with E-state index in [0.29, 0.717) is 164 Å². The second kappa shape index (κ2) is 44.0. The Balaban J connectivity index is 0.000000207. The van der Waals surface area contributed by atoms with Gasteiger partial charge >= 0.3 is 36.4 Å². The fourth-order valence-corrected chi connectivity index (χ4v) is 18.7. The number of piperazine rings is 2. The van der Waals surface area contributed by atoms with Gasteiger partial charge in [0.2, 0.25) is 11.8 Å². The van der Waals surface area contributed by atoms with Crippen molar-refractivity contribution in [1.82, 2.24) is 99.8 Å². The Hall–Kier alpha value is -12.1. The SMILES string of the molecule is C=CCCNC(=O)OCn1cc2cc(C[C@@H](NC(=O)N3CCC(c4cc5ccccc5n(COC(=O)NCCC=C)c4=O)CC3)C(=O)N3CCN(C4CCN(C)CC4)CC3)cc(C)c2n1.Cc1cc2cc3cn(nc13)COC(=O)NCC/C=C\CCNC(=O)OCn1c(=O)c(cc3ccccc31)C1CCN(CC1)C(=O)N[C@@H](C(=O)N1CCN(C3CCN(C)CC3)CC1)C2. The van der Waals surface area contributed by atoms with Gasteiger partial charge in [0.05, 0.1) is 22.1 Å². The maximum atomic E-state index is 14.5. The lowest BCUT2D eigenvalue weighted by atomic mass is 9.89. The number of rotatable bonds is 18. The van der Waals surface area contributed by atoms with Gasteiger partial charge in [0.1, 0.15) is 12.1 Å². The fourth-order valence-electron chi connectivity index (χ4n) is 18.7. The number of aryl methyl sites for hydroxylation is 2. The molecule has 4 aromatic heterocycles. The lowest BCUT2D eigenvalue weighted by molar-refractivity contribution is -0.136. The summed E-state index contributed by atoms with van der Waals surface area (Å²) in [7, 11) is 4.32. The number of benzene rings is 4. The number of carbonyl (C=O) groups is 8. The number of urea groups is 2. The van der Waals surface area contributed by atoms with E-state index in [-0.39, 0.29) is 86.6 Å². The van der Waals surface area contributed by atoms with E-state index in [2.05, 4.69) is 89.0 Å². The van der Waals surface area contributed by atoms with E-state index in [1.54, 1.807) is 31.3 Å². The lowest BCUT2D eigenvalue weighted by Gasteiger charge is -2.43. The van der Waals surface area contributed by atoms with Gasteiger partial charge in [0.15, 0.2) is 26.9 Å². The van der Waals surface area contributed by atoms with Crippen LogP contribution in [-0.2, 0) is 68.3 Å². The van der Waals surface area contributed by atoms with Gasteiger partial charge in [-0.25, -0.2) is 38.1 Å². The number of alkyl carbamates (subject to hydrolysis) is 4. The number of amides is 10. The molecule has 6 fully saturated rings. The number of nitrogens with one attached hydrogen (secondary N) is 6. The molecular formula is C94H124N20O14. The molecule has 16 rings (SSSR count). The fraction of sp³-hybridized carbons (Fsp3) is 0.511. The standard InChI is InChI=1S/C48H64N10O7.C46H60N10O7/c1-5-7-17-49-47(62)64-32-57-31-38-28-35(27-34(3)43(38)52-57)29-41(45(60)55-25-23-54(24-26-55)39-15-19-53(4)20-16-39)51-46(61)56-21-13-36(14-22-56)40-30-37-11-9-10-12-42(37)58(44(40)59)33-65-48(63)50-18-8-6-2;1-32-25-33-26-36-29-55(50-41(32)36)30-62-45(60)47-15-7-3-4-8-16-48-46(61)63-31-56-40-10-6-5-9-35(40)28-38(42(56)57)34-11-19-54(20-12-34)44(59)49-39(27-33)43(58)53-23-21-52(22-24-53)37-13-17-51(2)18-14-37/h5-6,9-12,27-28,30-31,36,39,41H,1-2,7-8,13-26,29,32-33H2,3-4H3,(H,49,62)(H,50,63)(H,51,61);3-6,9-10,25-26,28-29,34,37,39H,7-8,11-24,27,30-31H2,1-2H3,(H,47,60)(H,48,61)(H,49,59)/b;4-3-/t41-;39-/m11/s1. The van der Waals surface area contributed by atoms with Crippen LogP contribution in [0.3, 0.4) is 0 Å². The van der Waals surface area contributed by atoms with Crippen molar-refractivity contribution in [2.24, 2.45) is 0 Å². The number of carbonyl (C=O) groups excluding carboxylic acids is 8. The minimum Gasteiger partial charge on any atom is -0.428 e. The van der Waals surface area contributed by atoms with Crippen molar-refractivity contribution in [3.05, 3.63) is 189 Å². The summed E-state index contributed by atoms with van der Waals surface area (Å²) in [5, 5.41) is 29.8. The Kier molecular flexibility index (Phi) is 31.7. The van der Waals surface area contributed by atoms with E-state index in [4.69, 9.17) is 18.9 Å². The maximum absolute atomic E-state index is 14.5. The number of para-hydroxylation sites is 2. The topological polar surface area (TPSA) is 351 Å². The van der Waals surface area contributed by atoms with Crippen LogP contribution in [0, 0.1) is 13.8 Å². The van der Waals surface area contributed by atoms with Crippen molar-refractivity contribution in [3.8, 4) is 0 Å². The molecule has 7 bridgehead atoms. The molecule has 128 heavy (non-hydrogen) atoms. The van der Waals surface area contributed by atoms with Gasteiger partial charge in [-0.1, -0.05) is 72.8 Å². The quantitative estimate of drug-likeness (QED) is 0.0265. The van der Waals surface area contributed by atoms with Gasteiger partial charge < -0.3 is 80.2 Å². The number of hydrogen-bond donors (Lipinski definition) is 6. The van der Waals surface area contributed by atoms with Crippen molar-refractivity contribution in [2.75, 3.05) is 145 Å². The Morgan fingerprint density at radius 3 is 1.70 bits per heavy atom. The van der Waals surface area contributed by atoms with Crippen LogP contribution in [0.2, 0.25) is 0 Å². The molecule has 12 heterocycles. The Labute approximate surface area is 745 Å². The van der Waals surface area contributed by atoms with E-state index >= 15 is 0 Å². The van der Waals surface area contributed by atoms with E-state index in [0.717, 1.165) is 133 Å². The summed E-state index contributed by atoms with van der Waals surface area (Å²) in [4.78, 5) is 152. The number of ether oxygens (including phenoxy) is 4. The van der Waals surface area contributed by atoms with Crippen LogP contribution in [0.15, 0.2) is 144 Å². The zero-order valence-electron chi connectivity index (χ0n) is 74.3. The van der Waals surface area contributed by atoms with Gasteiger partial charge in [-0.2, -0.15) is 10.2 Å². The first kappa shape index (κ1) is 92.1. The predicted octanol–water partition coefficient (Wildman–Crippen LogP) is 9.03. The van der Waals surface area contributed by atoms with E-state index in [1.165, 1.54) is 9.13 Å². The third-order valence-corrected chi connectivity index (χ3v) is 25.9. The van der Waals surface area contributed by atoms with Gasteiger partial charge in [-0.15, -0.1) is 13.2 Å². The number of nitrogens with zero attached hydrogens (tertiary/aromatic N) is 14. The molecule has 4 aromatic carbocycles. The molecule has 0 aliphatic carbocycles. The number of pyridine rings is 2. The first-order chi connectivity index (χ1) is 62.1. The van der Waals surface area contributed by atoms with Crippen LogP contribution in [0.1, 0.15) is 122 Å². The van der Waals surface area contributed by atoms with Crippen molar-refractivity contribution >= 4 is 91.9 Å². The summed E-state index contributed by atoms with van der Waals surface area (Å²) >= 11 is 0. The number of likely N-dealkylation sites (tertiary alicyclic amines) is 3. The summed E-state index contributed by atoms with van der Waals surface area (Å²) < 4.78 is 27.9. The molecule has 6 N–H and O–H groups in total. The lowest BCUT2D eigenvalue weighted by Crippen LogP contribution is -2.59. The third-order valence-electron chi connectivity index (χ3n) is 25.9. The highest BCUT2D eigenvalue weighted by Crippen LogP contribution is 2.33. The van der Waals surface area contributed by atoms with Crippen molar-refractivity contribution in [2.45, 2.75) is 167 Å². The zero-order chi connectivity index (χ0) is 89.7. The van der Waals surface area contributed by atoms with E-state index < -0.39 is 36.5 Å². The molecule has 8 aliphatic heterocycles. The maximum Gasteiger partial charge on any atom is 0.408 e. The Morgan fingerprint density at radius 1 is 0.555 bits per heavy atom. The molecule has 34 nitrogen and oxygen atoms in total. The predicted molar refractivity (Wildman–Crippen MR) is 488 cm³/mol. The van der Waals surface area contributed by atoms with Crippen LogP contribution < -0.4 is 43.0 Å². The first-order valence-electron chi connectivity index (χ1n) is 45.3. The molecule has 8 aromatic rings. The van der Waals surface area contributed by atoms with E-state index in [1.807, 2.05) is 133 Å². The second-order valence-electron chi connectivity index (χ2n) is 34.7. The van der Waals surface area contributed by atoms with Gasteiger partial charge in [0.25, 0.3) is 11.1 Å². The molecule has 10 amide bonds. The number of fused-ring (bicyclic) bond motifs is 20. The monoisotopic (exact) mass is 1760 g/mol. The van der Waals surface area contributed by atoms with Crippen LogP contribution >= 0.6 is 0 Å². The molecule has 0 saturated carbocycles. The number of hydrogen-bond acceptors (Lipinski definition) is 20. The van der Waals surface area contributed by atoms with Crippen LogP contribution in [0.25, 0.3) is 43.6 Å². The highest BCUT2D eigenvalue weighted by molar-refractivity contribution is 5.90. The van der Waals surface area contributed by atoms with Crippen LogP contribution in [0.4, 0.5) is 28.8 Å². The Morgan fingerprint density at radius 2 is 1.09 bits per heavy atom. The minimum absolute atomic E-state index is 0.0678. The van der Waals surface area contributed by atoms with E-state index in [9.17, 15) is 47.9 Å². The largest absolute Gasteiger partial charge is 0.428 e. The number of piperidine rings is 4.